The molecule has 0 amide bonds. The molecule has 0 N–H and O–H groups in total. The van der Waals surface area contributed by atoms with Gasteiger partial charge in [-0.05, 0) is 31.1 Å². The van der Waals surface area contributed by atoms with E-state index >= 15 is 0 Å². The number of esters is 3. The lowest BCUT2D eigenvalue weighted by molar-refractivity contribution is -0.167. The molecular formula is C57H110O6. The molecule has 0 saturated carbocycles. The highest BCUT2D eigenvalue weighted by Gasteiger charge is 2.19. The predicted octanol–water partition coefficient (Wildman–Crippen LogP) is 18.5. The maximum absolute atomic E-state index is 12.8. The Balaban J connectivity index is 4.22. The van der Waals surface area contributed by atoms with Crippen LogP contribution >= 0.6 is 0 Å². The molecule has 0 radical (unpaired) electrons. The molecular weight excluding hydrogens is 781 g/mol. The number of hydrogen-bond acceptors (Lipinski definition) is 6. The van der Waals surface area contributed by atoms with Crippen LogP contribution in [0.5, 0.6) is 0 Å². The lowest BCUT2D eigenvalue weighted by Crippen LogP contribution is -2.30. The first-order chi connectivity index (χ1) is 30.8. The van der Waals surface area contributed by atoms with Gasteiger partial charge in [0, 0.05) is 19.3 Å². The molecule has 0 spiro atoms. The van der Waals surface area contributed by atoms with Crippen molar-refractivity contribution in [3.05, 3.63) is 0 Å². The lowest BCUT2D eigenvalue weighted by atomic mass is 9.99. The first-order valence-corrected chi connectivity index (χ1v) is 28.3. The van der Waals surface area contributed by atoms with Crippen LogP contribution in [0.2, 0.25) is 0 Å². The predicted molar refractivity (Wildman–Crippen MR) is 270 cm³/mol. The van der Waals surface area contributed by atoms with E-state index in [2.05, 4.69) is 34.6 Å². The Labute approximate surface area is 393 Å². The minimum absolute atomic E-state index is 0.0639. The van der Waals surface area contributed by atoms with E-state index in [9.17, 15) is 14.4 Å². The fraction of sp³-hybridized carbons (Fsp3) is 0.947. The molecule has 0 rings (SSSR count). The van der Waals surface area contributed by atoms with Crippen molar-refractivity contribution < 1.29 is 28.6 Å². The van der Waals surface area contributed by atoms with Crippen molar-refractivity contribution in [3.63, 3.8) is 0 Å². The summed E-state index contributed by atoms with van der Waals surface area (Å²) in [6.45, 7) is 11.4. The monoisotopic (exact) mass is 891 g/mol. The first kappa shape index (κ1) is 61.4. The van der Waals surface area contributed by atoms with Crippen molar-refractivity contribution in [2.24, 2.45) is 11.8 Å². The minimum atomic E-state index is -0.763. The van der Waals surface area contributed by atoms with Crippen LogP contribution < -0.4 is 0 Å². The van der Waals surface area contributed by atoms with Crippen molar-refractivity contribution in [3.8, 4) is 0 Å². The Hall–Kier alpha value is -1.59. The molecule has 2 atom stereocenters. The molecule has 0 aliphatic carbocycles. The summed E-state index contributed by atoms with van der Waals surface area (Å²) in [4.78, 5) is 38.0. The third kappa shape index (κ3) is 49.7. The van der Waals surface area contributed by atoms with E-state index in [1.54, 1.807) is 0 Å². The Kier molecular flexibility index (Phi) is 48.6. The fourth-order valence-electron chi connectivity index (χ4n) is 8.66. The fourth-order valence-corrected chi connectivity index (χ4v) is 8.66. The quantitative estimate of drug-likeness (QED) is 0.0344. The van der Waals surface area contributed by atoms with Gasteiger partial charge in [-0.3, -0.25) is 14.4 Å². The van der Waals surface area contributed by atoms with Gasteiger partial charge in [0.25, 0.3) is 0 Å². The Morgan fingerprint density at radius 1 is 0.333 bits per heavy atom. The van der Waals surface area contributed by atoms with Gasteiger partial charge in [-0.15, -0.1) is 0 Å². The standard InChI is InChI=1S/C57H110O6/c1-6-8-9-10-11-12-13-14-15-16-17-18-23-26-29-32-39-44-49-57(60)63-54(51-62-56(59)48-43-38-34-33-35-40-45-52(3)4)50-61-55(58)47-42-37-31-28-25-22-20-19-21-24-27-30-36-41-46-53(5)7-2/h52-54H,6-51H2,1-5H3/t53?,54-/m1/s1. The Bertz CT molecular complexity index is 964. The van der Waals surface area contributed by atoms with Crippen LogP contribution in [0, 0.1) is 11.8 Å². The number of unbranched alkanes of at least 4 members (excludes halogenated alkanes) is 35. The average molecular weight is 892 g/mol. The van der Waals surface area contributed by atoms with Crippen LogP contribution in [0.4, 0.5) is 0 Å². The van der Waals surface area contributed by atoms with Gasteiger partial charge in [0.1, 0.15) is 13.2 Å². The van der Waals surface area contributed by atoms with Gasteiger partial charge in [-0.25, -0.2) is 0 Å². The molecule has 0 aromatic carbocycles. The molecule has 0 bridgehead atoms. The zero-order valence-electron chi connectivity index (χ0n) is 43.2. The van der Waals surface area contributed by atoms with Gasteiger partial charge in [0.2, 0.25) is 0 Å². The summed E-state index contributed by atoms with van der Waals surface area (Å²) in [6, 6.07) is 0. The van der Waals surface area contributed by atoms with Crippen molar-refractivity contribution in [1.82, 2.24) is 0 Å². The molecule has 0 saturated heterocycles. The number of carbonyl (C=O) groups is 3. The van der Waals surface area contributed by atoms with E-state index in [0.717, 1.165) is 69.6 Å². The number of ether oxygens (including phenoxy) is 3. The summed E-state index contributed by atoms with van der Waals surface area (Å²) in [7, 11) is 0. The topological polar surface area (TPSA) is 78.9 Å². The molecule has 374 valence electrons. The van der Waals surface area contributed by atoms with Gasteiger partial charge in [-0.1, -0.05) is 279 Å². The van der Waals surface area contributed by atoms with Crippen molar-refractivity contribution in [1.29, 1.82) is 0 Å². The second-order valence-electron chi connectivity index (χ2n) is 20.3. The van der Waals surface area contributed by atoms with Gasteiger partial charge >= 0.3 is 17.9 Å². The summed E-state index contributed by atoms with van der Waals surface area (Å²) >= 11 is 0. The molecule has 0 fully saturated rings. The van der Waals surface area contributed by atoms with E-state index in [1.165, 1.54) is 205 Å². The molecule has 0 aliphatic heterocycles. The third-order valence-electron chi connectivity index (χ3n) is 13.3. The van der Waals surface area contributed by atoms with E-state index < -0.39 is 6.10 Å². The summed E-state index contributed by atoms with van der Waals surface area (Å²) in [5, 5.41) is 0. The summed E-state index contributed by atoms with van der Waals surface area (Å²) in [6.07, 6.45) is 52.5. The first-order valence-electron chi connectivity index (χ1n) is 28.3. The number of rotatable bonds is 51. The second-order valence-corrected chi connectivity index (χ2v) is 20.3. The third-order valence-corrected chi connectivity index (χ3v) is 13.3. The Morgan fingerprint density at radius 3 is 0.905 bits per heavy atom. The largest absolute Gasteiger partial charge is 0.462 e. The van der Waals surface area contributed by atoms with Gasteiger partial charge < -0.3 is 14.2 Å². The highest BCUT2D eigenvalue weighted by Crippen LogP contribution is 2.18. The van der Waals surface area contributed by atoms with Crippen molar-refractivity contribution in [2.75, 3.05) is 13.2 Å². The average Bonchev–Trinajstić information content (AvgIpc) is 3.27. The van der Waals surface area contributed by atoms with Gasteiger partial charge in [0.05, 0.1) is 0 Å². The van der Waals surface area contributed by atoms with Crippen LogP contribution in [0.3, 0.4) is 0 Å². The minimum Gasteiger partial charge on any atom is -0.462 e. The lowest BCUT2D eigenvalue weighted by Gasteiger charge is -2.18. The molecule has 63 heavy (non-hydrogen) atoms. The maximum atomic E-state index is 12.8. The molecule has 6 nitrogen and oxygen atoms in total. The molecule has 0 aliphatic rings. The summed E-state index contributed by atoms with van der Waals surface area (Å²) in [5.41, 5.74) is 0. The summed E-state index contributed by atoms with van der Waals surface area (Å²) in [5.74, 6) is 0.812. The van der Waals surface area contributed by atoms with Crippen molar-refractivity contribution >= 4 is 17.9 Å². The van der Waals surface area contributed by atoms with Crippen LogP contribution in [-0.4, -0.2) is 37.2 Å². The molecule has 0 aromatic rings. The van der Waals surface area contributed by atoms with Gasteiger partial charge in [0.15, 0.2) is 6.10 Å². The molecule has 6 heteroatoms. The smallest absolute Gasteiger partial charge is 0.306 e. The van der Waals surface area contributed by atoms with E-state index in [0.29, 0.717) is 19.3 Å². The summed E-state index contributed by atoms with van der Waals surface area (Å²) < 4.78 is 16.8. The van der Waals surface area contributed by atoms with E-state index in [-0.39, 0.29) is 31.1 Å². The Morgan fingerprint density at radius 2 is 0.603 bits per heavy atom. The SMILES string of the molecule is CCCCCCCCCCCCCCCCCCCCC(=O)O[C@H](COC(=O)CCCCCCCCCCCCCCCCC(C)CC)COC(=O)CCCCCCCCC(C)C. The maximum Gasteiger partial charge on any atom is 0.306 e. The highest BCUT2D eigenvalue weighted by molar-refractivity contribution is 5.71. The highest BCUT2D eigenvalue weighted by atomic mass is 16.6. The number of carbonyl (C=O) groups excluding carboxylic acids is 3. The van der Waals surface area contributed by atoms with Crippen LogP contribution in [0.15, 0.2) is 0 Å². The van der Waals surface area contributed by atoms with Crippen LogP contribution in [0.1, 0.15) is 317 Å². The molecule has 0 heterocycles. The normalized spacial score (nSPS) is 12.5. The zero-order chi connectivity index (χ0) is 46.1. The second kappa shape index (κ2) is 49.8. The van der Waals surface area contributed by atoms with Crippen LogP contribution in [0.25, 0.3) is 0 Å². The zero-order valence-corrected chi connectivity index (χ0v) is 43.2. The molecule has 0 aromatic heterocycles. The number of hydrogen-bond donors (Lipinski definition) is 0. The van der Waals surface area contributed by atoms with Gasteiger partial charge in [-0.2, -0.15) is 0 Å². The van der Waals surface area contributed by atoms with E-state index in [1.807, 2.05) is 0 Å². The van der Waals surface area contributed by atoms with E-state index in [4.69, 9.17) is 14.2 Å². The van der Waals surface area contributed by atoms with Crippen LogP contribution in [-0.2, 0) is 28.6 Å². The molecule has 1 unspecified atom stereocenters. The van der Waals surface area contributed by atoms with Crippen molar-refractivity contribution in [2.45, 2.75) is 323 Å².